The zero-order valence-electron chi connectivity index (χ0n) is 12.7. The smallest absolute Gasteiger partial charge is 0.326 e. The highest BCUT2D eigenvalue weighted by molar-refractivity contribution is 5.75. The van der Waals surface area contributed by atoms with Gasteiger partial charge in [-0.05, 0) is 36.6 Å². The monoisotopic (exact) mass is 299 g/mol. The Kier molecular flexibility index (Phi) is 5.98. The van der Waals surface area contributed by atoms with Crippen molar-refractivity contribution in [2.24, 2.45) is 5.73 Å². The van der Waals surface area contributed by atoms with Crippen molar-refractivity contribution in [3.8, 4) is 5.75 Å². The molecule has 116 valence electrons. The second-order valence-electron chi connectivity index (χ2n) is 4.98. The highest BCUT2D eigenvalue weighted by Crippen LogP contribution is 2.15. The molecule has 2 aromatic carbocycles. The summed E-state index contributed by atoms with van der Waals surface area (Å²) < 4.78 is 10.3. The topological polar surface area (TPSA) is 61.5 Å². The molecule has 2 N–H and O–H groups in total. The third-order valence-corrected chi connectivity index (χ3v) is 3.19. The molecule has 1 atom stereocenters. The van der Waals surface area contributed by atoms with Gasteiger partial charge in [-0.3, -0.25) is 4.79 Å². The number of rotatable bonds is 7. The molecule has 0 aliphatic rings. The molecule has 0 saturated carbocycles. The summed E-state index contributed by atoms with van der Waals surface area (Å²) in [6.45, 7) is 2.18. The summed E-state index contributed by atoms with van der Waals surface area (Å²) >= 11 is 0. The zero-order valence-corrected chi connectivity index (χ0v) is 12.7. The highest BCUT2D eigenvalue weighted by atomic mass is 16.5. The van der Waals surface area contributed by atoms with E-state index in [0.717, 1.165) is 6.42 Å². The first-order chi connectivity index (χ1) is 10.7. The molecule has 0 amide bonds. The average molecular weight is 299 g/mol. The van der Waals surface area contributed by atoms with Crippen molar-refractivity contribution in [1.29, 1.82) is 0 Å². The van der Waals surface area contributed by atoms with Crippen molar-refractivity contribution in [2.75, 3.05) is 13.2 Å². The summed E-state index contributed by atoms with van der Waals surface area (Å²) in [4.78, 5) is 11.4. The predicted molar refractivity (Wildman–Crippen MR) is 85.8 cm³/mol. The van der Waals surface area contributed by atoms with Crippen molar-refractivity contribution in [1.82, 2.24) is 0 Å². The van der Waals surface area contributed by atoms with Crippen LogP contribution < -0.4 is 10.5 Å². The molecule has 0 aliphatic carbocycles. The zero-order chi connectivity index (χ0) is 15.8. The van der Waals surface area contributed by atoms with Crippen molar-refractivity contribution < 1.29 is 14.3 Å². The van der Waals surface area contributed by atoms with Gasteiger partial charge in [0.25, 0.3) is 0 Å². The summed E-state index contributed by atoms with van der Waals surface area (Å²) in [5, 5.41) is 0. The Hall–Kier alpha value is -2.33. The minimum absolute atomic E-state index is 0.108. The Bertz CT molecular complexity index is 581. The molecule has 22 heavy (non-hydrogen) atoms. The normalized spacial score (nSPS) is 11.7. The minimum Gasteiger partial charge on any atom is -0.491 e. The van der Waals surface area contributed by atoms with Crippen LogP contribution in [0.25, 0.3) is 0 Å². The van der Waals surface area contributed by atoms with Gasteiger partial charge in [0.2, 0.25) is 0 Å². The summed E-state index contributed by atoms with van der Waals surface area (Å²) in [5.41, 5.74) is 8.15. The quantitative estimate of drug-likeness (QED) is 0.798. The lowest BCUT2D eigenvalue weighted by Gasteiger charge is -2.12. The van der Waals surface area contributed by atoms with Crippen LogP contribution in [0.2, 0.25) is 0 Å². The predicted octanol–water partition coefficient (Wildman–Crippen LogP) is 2.55. The van der Waals surface area contributed by atoms with Crippen LogP contribution in [0.5, 0.6) is 5.75 Å². The van der Waals surface area contributed by atoms with Crippen LogP contribution in [0, 0.1) is 0 Å². The molecule has 0 heterocycles. The maximum absolute atomic E-state index is 11.4. The van der Waals surface area contributed by atoms with Gasteiger partial charge < -0.3 is 15.2 Å². The number of ether oxygens (including phenoxy) is 2. The van der Waals surface area contributed by atoms with E-state index in [4.69, 9.17) is 15.2 Å². The molecule has 0 aliphatic heterocycles. The van der Waals surface area contributed by atoms with Gasteiger partial charge in [-0.25, -0.2) is 0 Å². The fraction of sp³-hybridized carbons (Fsp3) is 0.278. The van der Waals surface area contributed by atoms with Crippen molar-refractivity contribution in [2.45, 2.75) is 19.4 Å². The molecule has 0 unspecified atom stereocenters. The minimum atomic E-state index is -0.760. The fourth-order valence-corrected chi connectivity index (χ4v) is 2.04. The van der Waals surface area contributed by atoms with E-state index in [1.54, 1.807) is 6.92 Å². The first-order valence-corrected chi connectivity index (χ1v) is 7.37. The SMILES string of the molecule is CCOC(=O)[C@@H](N)COc1ccc(Cc2ccccc2)cc1. The maximum Gasteiger partial charge on any atom is 0.326 e. The molecule has 4 nitrogen and oxygen atoms in total. The van der Waals surface area contributed by atoms with Gasteiger partial charge in [0.05, 0.1) is 6.61 Å². The molecule has 2 aromatic rings. The molecule has 0 spiro atoms. The van der Waals surface area contributed by atoms with Crippen LogP contribution in [-0.4, -0.2) is 25.2 Å². The van der Waals surface area contributed by atoms with Crippen LogP contribution in [0.15, 0.2) is 54.6 Å². The first-order valence-electron chi connectivity index (χ1n) is 7.37. The number of hydrogen-bond acceptors (Lipinski definition) is 4. The van der Waals surface area contributed by atoms with Crippen molar-refractivity contribution >= 4 is 5.97 Å². The van der Waals surface area contributed by atoms with Gasteiger partial charge in [-0.2, -0.15) is 0 Å². The van der Waals surface area contributed by atoms with E-state index in [1.807, 2.05) is 42.5 Å². The lowest BCUT2D eigenvalue weighted by Crippen LogP contribution is -2.37. The first kappa shape index (κ1) is 16.0. The third-order valence-electron chi connectivity index (χ3n) is 3.19. The largest absolute Gasteiger partial charge is 0.491 e. The van der Waals surface area contributed by atoms with Crippen LogP contribution in [0.3, 0.4) is 0 Å². The van der Waals surface area contributed by atoms with Crippen LogP contribution in [0.4, 0.5) is 0 Å². The Morgan fingerprint density at radius 1 is 1.05 bits per heavy atom. The Balaban J connectivity index is 1.85. The molecule has 0 fully saturated rings. The number of benzene rings is 2. The molecule has 0 radical (unpaired) electrons. The van der Waals surface area contributed by atoms with Crippen molar-refractivity contribution in [3.63, 3.8) is 0 Å². The molecule has 0 saturated heterocycles. The van der Waals surface area contributed by atoms with E-state index in [1.165, 1.54) is 11.1 Å². The number of nitrogens with two attached hydrogens (primary N) is 1. The van der Waals surface area contributed by atoms with Gasteiger partial charge in [-0.1, -0.05) is 42.5 Å². The van der Waals surface area contributed by atoms with E-state index in [-0.39, 0.29) is 6.61 Å². The van der Waals surface area contributed by atoms with E-state index in [2.05, 4.69) is 12.1 Å². The second kappa shape index (κ2) is 8.20. The average Bonchev–Trinajstić information content (AvgIpc) is 2.55. The summed E-state index contributed by atoms with van der Waals surface area (Å²) in [7, 11) is 0. The van der Waals surface area contributed by atoms with Crippen LogP contribution in [0.1, 0.15) is 18.1 Å². The number of carbonyl (C=O) groups excluding carboxylic acids is 1. The number of esters is 1. The number of hydrogen-bond donors (Lipinski definition) is 1. The summed E-state index contributed by atoms with van der Waals surface area (Å²) in [6.07, 6.45) is 0.878. The molecule has 0 aromatic heterocycles. The highest BCUT2D eigenvalue weighted by Gasteiger charge is 2.15. The van der Waals surface area contributed by atoms with E-state index < -0.39 is 12.0 Å². The fourth-order valence-electron chi connectivity index (χ4n) is 2.04. The lowest BCUT2D eigenvalue weighted by atomic mass is 10.1. The van der Waals surface area contributed by atoms with Gasteiger partial charge >= 0.3 is 5.97 Å². The van der Waals surface area contributed by atoms with E-state index in [0.29, 0.717) is 12.4 Å². The van der Waals surface area contributed by atoms with Gasteiger partial charge in [0.1, 0.15) is 18.4 Å². The second-order valence-corrected chi connectivity index (χ2v) is 4.98. The summed E-state index contributed by atoms with van der Waals surface area (Å²) in [6, 6.07) is 17.3. The van der Waals surface area contributed by atoms with E-state index in [9.17, 15) is 4.79 Å². The Labute approximate surface area is 130 Å². The van der Waals surface area contributed by atoms with Gasteiger partial charge in [0.15, 0.2) is 0 Å². The van der Waals surface area contributed by atoms with Crippen molar-refractivity contribution in [3.05, 3.63) is 65.7 Å². The molecule has 0 bridgehead atoms. The molecular weight excluding hydrogens is 278 g/mol. The standard InChI is InChI=1S/C18H21NO3/c1-2-21-18(20)17(19)13-22-16-10-8-15(9-11-16)12-14-6-4-3-5-7-14/h3-11,17H,2,12-13,19H2,1H3/t17-/m0/s1. The molecular formula is C18H21NO3. The lowest BCUT2D eigenvalue weighted by molar-refractivity contribution is -0.145. The van der Waals surface area contributed by atoms with Crippen LogP contribution >= 0.6 is 0 Å². The molecule has 4 heteroatoms. The molecule has 2 rings (SSSR count). The van der Waals surface area contributed by atoms with E-state index >= 15 is 0 Å². The summed E-state index contributed by atoms with van der Waals surface area (Å²) in [5.74, 6) is 0.250. The van der Waals surface area contributed by atoms with Crippen LogP contribution in [-0.2, 0) is 16.0 Å². The number of carbonyl (C=O) groups is 1. The van der Waals surface area contributed by atoms with Gasteiger partial charge in [0, 0.05) is 0 Å². The third kappa shape index (κ3) is 4.90. The Morgan fingerprint density at radius 2 is 1.68 bits per heavy atom. The van der Waals surface area contributed by atoms with Gasteiger partial charge in [-0.15, -0.1) is 0 Å². The Morgan fingerprint density at radius 3 is 2.32 bits per heavy atom. The maximum atomic E-state index is 11.4.